The van der Waals surface area contributed by atoms with Crippen molar-refractivity contribution in [3.63, 3.8) is 0 Å². The molecule has 10 nitrogen and oxygen atoms in total. The van der Waals surface area contributed by atoms with E-state index < -0.39 is 21.6 Å². The molecule has 4 rings (SSSR count). The Bertz CT molecular complexity index is 1460. The SMILES string of the molecule is CN1C(C(=O)/C=C/c2cn(CC(=O)Nc3cccc(Cl)c3)nn2)=C(O)c2ccccc2S1(=O)=O. The molecule has 174 valence electrons. The number of rotatable bonds is 6. The van der Waals surface area contributed by atoms with Gasteiger partial charge >= 0.3 is 0 Å². The number of hydrogen-bond acceptors (Lipinski definition) is 7. The van der Waals surface area contributed by atoms with E-state index in [1.165, 1.54) is 42.2 Å². The van der Waals surface area contributed by atoms with E-state index in [1.807, 2.05) is 0 Å². The number of aliphatic hydroxyl groups excluding tert-OH is 1. The van der Waals surface area contributed by atoms with Crippen LogP contribution >= 0.6 is 11.6 Å². The first kappa shape index (κ1) is 23.2. The third-order valence-electron chi connectivity index (χ3n) is 4.93. The molecule has 0 fully saturated rings. The molecule has 1 aromatic heterocycles. The van der Waals surface area contributed by atoms with E-state index in [4.69, 9.17) is 11.6 Å². The Balaban J connectivity index is 1.48. The minimum Gasteiger partial charge on any atom is -0.505 e. The number of allylic oxidation sites excluding steroid dienone is 1. The summed E-state index contributed by atoms with van der Waals surface area (Å²) >= 11 is 5.90. The quantitative estimate of drug-likeness (QED) is 0.498. The number of nitrogens with one attached hydrogen (secondary N) is 1. The van der Waals surface area contributed by atoms with E-state index in [0.717, 1.165) is 10.4 Å². The van der Waals surface area contributed by atoms with Gasteiger partial charge < -0.3 is 10.4 Å². The van der Waals surface area contributed by atoms with Gasteiger partial charge in [-0.2, -0.15) is 0 Å². The van der Waals surface area contributed by atoms with Crippen molar-refractivity contribution < 1.29 is 23.1 Å². The molecule has 1 aliphatic rings. The Morgan fingerprint density at radius 2 is 1.94 bits per heavy atom. The third-order valence-corrected chi connectivity index (χ3v) is 6.98. The molecular formula is C22H18ClN5O5S. The summed E-state index contributed by atoms with van der Waals surface area (Å²) in [4.78, 5) is 24.9. The Morgan fingerprint density at radius 3 is 2.71 bits per heavy atom. The molecule has 3 aromatic rings. The van der Waals surface area contributed by atoms with Crippen molar-refractivity contribution in [1.29, 1.82) is 0 Å². The number of benzene rings is 2. The number of amides is 1. The lowest BCUT2D eigenvalue weighted by molar-refractivity contribution is -0.117. The van der Waals surface area contributed by atoms with Crippen molar-refractivity contribution in [2.75, 3.05) is 12.4 Å². The average molecular weight is 500 g/mol. The summed E-state index contributed by atoms with van der Waals surface area (Å²) in [6, 6.07) is 12.6. The molecule has 1 aliphatic heterocycles. The molecule has 2 N–H and O–H groups in total. The third kappa shape index (κ3) is 4.56. The van der Waals surface area contributed by atoms with Crippen LogP contribution in [0.3, 0.4) is 0 Å². The Kier molecular flexibility index (Phi) is 6.22. The first-order valence-corrected chi connectivity index (χ1v) is 11.7. The fraction of sp³-hybridized carbons (Fsp3) is 0.0909. The van der Waals surface area contributed by atoms with Gasteiger partial charge in [0.25, 0.3) is 10.0 Å². The number of sulfonamides is 1. The first-order chi connectivity index (χ1) is 16.2. The van der Waals surface area contributed by atoms with Crippen molar-refractivity contribution in [1.82, 2.24) is 19.3 Å². The normalized spacial score (nSPS) is 14.8. The van der Waals surface area contributed by atoms with Crippen molar-refractivity contribution in [3.05, 3.63) is 82.8 Å². The Hall–Kier alpha value is -3.96. The number of aliphatic hydroxyl groups is 1. The maximum atomic E-state index is 12.8. The molecule has 0 radical (unpaired) electrons. The van der Waals surface area contributed by atoms with Crippen LogP contribution in [-0.2, 0) is 26.2 Å². The molecular weight excluding hydrogens is 482 g/mol. The summed E-state index contributed by atoms with van der Waals surface area (Å²) < 4.78 is 27.5. The summed E-state index contributed by atoms with van der Waals surface area (Å²) in [5.41, 5.74) is 0.451. The Morgan fingerprint density at radius 1 is 1.18 bits per heavy atom. The lowest BCUT2D eigenvalue weighted by atomic mass is 10.1. The van der Waals surface area contributed by atoms with Crippen LogP contribution in [0.25, 0.3) is 11.8 Å². The zero-order valence-corrected chi connectivity index (χ0v) is 19.3. The molecule has 0 aliphatic carbocycles. The van der Waals surface area contributed by atoms with Gasteiger partial charge in [-0.25, -0.2) is 13.1 Å². The van der Waals surface area contributed by atoms with Crippen LogP contribution in [0.5, 0.6) is 0 Å². The molecule has 0 saturated carbocycles. The molecule has 0 saturated heterocycles. The average Bonchev–Trinajstić information content (AvgIpc) is 3.24. The number of carbonyl (C=O) groups excluding carboxylic acids is 2. The number of carbonyl (C=O) groups is 2. The number of fused-ring (bicyclic) bond motifs is 1. The van der Waals surface area contributed by atoms with E-state index in [-0.39, 0.29) is 34.3 Å². The monoisotopic (exact) mass is 499 g/mol. The zero-order chi connectivity index (χ0) is 24.5. The van der Waals surface area contributed by atoms with Gasteiger partial charge in [-0.05, 0) is 42.5 Å². The molecule has 2 aromatic carbocycles. The highest BCUT2D eigenvalue weighted by Crippen LogP contribution is 2.34. The van der Waals surface area contributed by atoms with Gasteiger partial charge in [0.1, 0.15) is 17.9 Å². The number of aromatic nitrogens is 3. The van der Waals surface area contributed by atoms with E-state index in [1.54, 1.807) is 30.3 Å². The highest BCUT2D eigenvalue weighted by atomic mass is 35.5. The first-order valence-electron chi connectivity index (χ1n) is 9.86. The standard InChI is InChI=1S/C22H18ClN5O5S/c1-27-21(22(31)17-7-2-3-8-19(17)34(27,32)33)18(29)10-9-16-12-28(26-25-16)13-20(30)24-15-6-4-5-14(23)11-15/h2-12,31H,13H2,1H3,(H,24,30)/b10-9+. The molecule has 0 unspecified atom stereocenters. The van der Waals surface area contributed by atoms with Crippen molar-refractivity contribution >= 4 is 50.8 Å². The second kappa shape index (κ2) is 9.12. The van der Waals surface area contributed by atoms with Crippen molar-refractivity contribution in [3.8, 4) is 0 Å². The minimum atomic E-state index is -3.99. The molecule has 12 heteroatoms. The zero-order valence-electron chi connectivity index (χ0n) is 17.7. The van der Waals surface area contributed by atoms with Crippen LogP contribution < -0.4 is 5.32 Å². The number of anilines is 1. The van der Waals surface area contributed by atoms with Gasteiger partial charge in [0.2, 0.25) is 11.7 Å². The van der Waals surface area contributed by atoms with Crippen LogP contribution in [0, 0.1) is 0 Å². The van der Waals surface area contributed by atoms with E-state index in [9.17, 15) is 23.1 Å². The van der Waals surface area contributed by atoms with Crippen LogP contribution in [0.4, 0.5) is 5.69 Å². The Labute approximate surface area is 199 Å². The van der Waals surface area contributed by atoms with E-state index in [2.05, 4.69) is 15.6 Å². The fourth-order valence-corrected chi connectivity index (χ4v) is 4.92. The number of likely N-dealkylation sites (N-methyl/N-ethyl adjacent to an activating group) is 1. The highest BCUT2D eigenvalue weighted by Gasteiger charge is 2.36. The summed E-state index contributed by atoms with van der Waals surface area (Å²) in [5, 5.41) is 21.4. The van der Waals surface area contributed by atoms with Gasteiger partial charge in [-0.3, -0.25) is 13.9 Å². The summed E-state index contributed by atoms with van der Waals surface area (Å²) in [7, 11) is -2.80. The molecule has 1 amide bonds. The summed E-state index contributed by atoms with van der Waals surface area (Å²) in [5.74, 6) is -1.54. The summed E-state index contributed by atoms with van der Waals surface area (Å²) in [6.07, 6.45) is 3.82. The number of nitrogens with zero attached hydrogens (tertiary/aromatic N) is 4. The molecule has 0 bridgehead atoms. The maximum absolute atomic E-state index is 12.8. The topological polar surface area (TPSA) is 134 Å². The lowest BCUT2D eigenvalue weighted by Gasteiger charge is -2.27. The second-order valence-corrected chi connectivity index (χ2v) is 9.64. The molecule has 0 atom stereocenters. The second-order valence-electron chi connectivity index (χ2n) is 7.26. The summed E-state index contributed by atoms with van der Waals surface area (Å²) in [6.45, 7) is -0.134. The van der Waals surface area contributed by atoms with Crippen LogP contribution in [0.2, 0.25) is 5.02 Å². The van der Waals surface area contributed by atoms with Crippen molar-refractivity contribution in [2.24, 2.45) is 0 Å². The molecule has 34 heavy (non-hydrogen) atoms. The maximum Gasteiger partial charge on any atom is 0.265 e. The van der Waals surface area contributed by atoms with Gasteiger partial charge in [0.05, 0.1) is 11.1 Å². The van der Waals surface area contributed by atoms with Crippen LogP contribution in [0.15, 0.2) is 71.4 Å². The smallest absolute Gasteiger partial charge is 0.265 e. The van der Waals surface area contributed by atoms with Crippen molar-refractivity contribution in [2.45, 2.75) is 11.4 Å². The predicted octanol–water partition coefficient (Wildman–Crippen LogP) is 2.71. The predicted molar refractivity (Wildman–Crippen MR) is 125 cm³/mol. The van der Waals surface area contributed by atoms with E-state index in [0.29, 0.717) is 10.7 Å². The fourth-order valence-electron chi connectivity index (χ4n) is 3.32. The minimum absolute atomic E-state index is 0.0500. The highest BCUT2D eigenvalue weighted by molar-refractivity contribution is 7.89. The lowest BCUT2D eigenvalue weighted by Crippen LogP contribution is -2.34. The van der Waals surface area contributed by atoms with Gasteiger partial charge in [-0.15, -0.1) is 5.10 Å². The largest absolute Gasteiger partial charge is 0.505 e. The molecule has 0 spiro atoms. The molecule has 2 heterocycles. The van der Waals surface area contributed by atoms with Crippen LogP contribution in [-0.4, -0.2) is 51.6 Å². The number of hydrogen-bond donors (Lipinski definition) is 2. The van der Waals surface area contributed by atoms with Crippen LogP contribution in [0.1, 0.15) is 11.3 Å². The number of halogens is 1. The van der Waals surface area contributed by atoms with Gasteiger partial charge in [0, 0.05) is 23.3 Å². The van der Waals surface area contributed by atoms with Gasteiger partial charge in [-0.1, -0.05) is 35.0 Å². The van der Waals surface area contributed by atoms with Gasteiger partial charge in [0.15, 0.2) is 5.76 Å². The number of ketones is 1. The van der Waals surface area contributed by atoms with E-state index >= 15 is 0 Å².